The number of rotatable bonds is 3. The van der Waals surface area contributed by atoms with Gasteiger partial charge in [-0.15, -0.1) is 0 Å². The number of oxazole rings is 1. The number of hydrogen-bond acceptors (Lipinski definition) is 4. The summed E-state index contributed by atoms with van der Waals surface area (Å²) < 4.78 is 5.85. The summed E-state index contributed by atoms with van der Waals surface area (Å²) in [6.45, 7) is 5.02. The molecule has 106 valence electrons. The second-order valence-electron chi connectivity index (χ2n) is 5.65. The molecule has 1 aromatic heterocycles. The molecule has 4 heteroatoms. The number of nitrogens with two attached hydrogens (primary N) is 1. The molecule has 0 amide bonds. The van der Waals surface area contributed by atoms with Gasteiger partial charge in [0.15, 0.2) is 5.76 Å². The number of piperidine rings is 1. The molecule has 20 heavy (non-hydrogen) atoms. The van der Waals surface area contributed by atoms with E-state index in [1.807, 2.05) is 36.5 Å². The molecule has 0 spiro atoms. The maximum atomic E-state index is 6.05. The second kappa shape index (κ2) is 5.77. The van der Waals surface area contributed by atoms with Crippen LogP contribution in [0.25, 0.3) is 11.3 Å². The zero-order chi connectivity index (χ0) is 13.9. The molecule has 4 nitrogen and oxygen atoms in total. The first-order chi connectivity index (χ1) is 9.72. The maximum Gasteiger partial charge on any atom is 0.209 e. The van der Waals surface area contributed by atoms with Gasteiger partial charge in [0.05, 0.1) is 12.7 Å². The predicted molar refractivity (Wildman–Crippen MR) is 79.0 cm³/mol. The van der Waals surface area contributed by atoms with Crippen molar-refractivity contribution in [3.63, 3.8) is 0 Å². The summed E-state index contributed by atoms with van der Waals surface area (Å²) in [6.07, 6.45) is 2.86. The number of hydrogen-bond donors (Lipinski definition) is 1. The van der Waals surface area contributed by atoms with Crippen LogP contribution >= 0.6 is 0 Å². The van der Waals surface area contributed by atoms with E-state index in [1.165, 1.54) is 0 Å². The van der Waals surface area contributed by atoms with Gasteiger partial charge < -0.3 is 10.2 Å². The average Bonchev–Trinajstić information content (AvgIpc) is 2.92. The highest BCUT2D eigenvalue weighted by Crippen LogP contribution is 2.22. The van der Waals surface area contributed by atoms with Gasteiger partial charge in [0.1, 0.15) is 0 Å². The maximum absolute atomic E-state index is 6.05. The first-order valence-electron chi connectivity index (χ1n) is 7.20. The topological polar surface area (TPSA) is 55.3 Å². The number of nitrogens with zero attached hydrogens (tertiary/aromatic N) is 2. The van der Waals surface area contributed by atoms with E-state index in [2.05, 4.69) is 16.8 Å². The van der Waals surface area contributed by atoms with E-state index in [0.717, 1.165) is 43.3 Å². The van der Waals surface area contributed by atoms with E-state index in [1.54, 1.807) is 0 Å². The molecule has 3 rings (SSSR count). The number of aromatic nitrogens is 1. The van der Waals surface area contributed by atoms with Crippen molar-refractivity contribution in [2.24, 2.45) is 11.7 Å². The van der Waals surface area contributed by atoms with E-state index in [9.17, 15) is 0 Å². The van der Waals surface area contributed by atoms with Crippen LogP contribution in [0.5, 0.6) is 0 Å². The van der Waals surface area contributed by atoms with Crippen molar-refractivity contribution in [1.82, 2.24) is 9.88 Å². The molecule has 2 aromatic rings. The molecule has 1 fully saturated rings. The summed E-state index contributed by atoms with van der Waals surface area (Å²) in [5.74, 6) is 2.15. The summed E-state index contributed by atoms with van der Waals surface area (Å²) in [7, 11) is 0. The molecule has 2 atom stereocenters. The zero-order valence-electron chi connectivity index (χ0n) is 11.8. The minimum Gasteiger partial charge on any atom is -0.439 e. The molecule has 0 radical (unpaired) electrons. The van der Waals surface area contributed by atoms with Crippen LogP contribution < -0.4 is 5.73 Å². The highest BCUT2D eigenvalue weighted by Gasteiger charge is 2.24. The van der Waals surface area contributed by atoms with Crippen molar-refractivity contribution in [1.29, 1.82) is 0 Å². The first kappa shape index (κ1) is 13.3. The van der Waals surface area contributed by atoms with E-state index >= 15 is 0 Å². The molecule has 1 aromatic carbocycles. The third-order valence-electron chi connectivity index (χ3n) is 4.03. The Morgan fingerprint density at radius 1 is 1.35 bits per heavy atom. The van der Waals surface area contributed by atoms with Crippen molar-refractivity contribution in [2.75, 3.05) is 13.1 Å². The molecule has 1 aliphatic heterocycles. The van der Waals surface area contributed by atoms with Gasteiger partial charge in [-0.25, -0.2) is 4.98 Å². The Bertz CT molecular complexity index is 552. The van der Waals surface area contributed by atoms with Crippen molar-refractivity contribution in [2.45, 2.75) is 25.9 Å². The summed E-state index contributed by atoms with van der Waals surface area (Å²) in [6, 6.07) is 10.4. The van der Waals surface area contributed by atoms with Gasteiger partial charge in [-0.2, -0.15) is 0 Å². The summed E-state index contributed by atoms with van der Waals surface area (Å²) in [4.78, 5) is 6.76. The van der Waals surface area contributed by atoms with Crippen LogP contribution in [-0.2, 0) is 6.54 Å². The third-order valence-corrected chi connectivity index (χ3v) is 4.03. The van der Waals surface area contributed by atoms with Crippen LogP contribution in [-0.4, -0.2) is 29.0 Å². The van der Waals surface area contributed by atoms with Crippen LogP contribution in [0.4, 0.5) is 0 Å². The number of benzene rings is 1. The van der Waals surface area contributed by atoms with Crippen LogP contribution in [0.3, 0.4) is 0 Å². The Hall–Kier alpha value is -1.65. The highest BCUT2D eigenvalue weighted by atomic mass is 16.4. The highest BCUT2D eigenvalue weighted by molar-refractivity contribution is 5.55. The standard InChI is InChI=1S/C16H21N3O/c1-12-10-19(8-7-14(12)17)11-16-18-9-15(20-16)13-5-3-2-4-6-13/h2-6,9,12,14H,7-8,10-11,17H2,1H3. The summed E-state index contributed by atoms with van der Waals surface area (Å²) in [5.41, 5.74) is 7.12. The zero-order valence-corrected chi connectivity index (χ0v) is 11.8. The minimum absolute atomic E-state index is 0.329. The quantitative estimate of drug-likeness (QED) is 0.932. The third kappa shape index (κ3) is 2.92. The monoisotopic (exact) mass is 271 g/mol. The Balaban J connectivity index is 1.66. The Kier molecular flexibility index (Phi) is 3.85. The fourth-order valence-corrected chi connectivity index (χ4v) is 2.70. The van der Waals surface area contributed by atoms with E-state index in [-0.39, 0.29) is 0 Å². The summed E-state index contributed by atoms with van der Waals surface area (Å²) in [5, 5.41) is 0. The molecule has 2 unspecified atom stereocenters. The lowest BCUT2D eigenvalue weighted by atomic mass is 9.95. The normalized spacial score (nSPS) is 23.9. The molecule has 1 aliphatic rings. The molecular formula is C16H21N3O. The van der Waals surface area contributed by atoms with Crippen molar-refractivity contribution in [3.05, 3.63) is 42.4 Å². The van der Waals surface area contributed by atoms with Gasteiger partial charge in [-0.05, 0) is 12.3 Å². The molecular weight excluding hydrogens is 250 g/mol. The van der Waals surface area contributed by atoms with Gasteiger partial charge in [-0.1, -0.05) is 37.3 Å². The Morgan fingerprint density at radius 2 is 2.15 bits per heavy atom. The van der Waals surface area contributed by atoms with E-state index in [4.69, 9.17) is 10.2 Å². The van der Waals surface area contributed by atoms with Crippen molar-refractivity contribution >= 4 is 0 Å². The molecule has 1 saturated heterocycles. The lowest BCUT2D eigenvalue weighted by molar-refractivity contribution is 0.146. The molecule has 0 aliphatic carbocycles. The lowest BCUT2D eigenvalue weighted by Gasteiger charge is -2.34. The Morgan fingerprint density at radius 3 is 2.90 bits per heavy atom. The largest absolute Gasteiger partial charge is 0.439 e. The first-order valence-corrected chi connectivity index (χ1v) is 7.20. The fourth-order valence-electron chi connectivity index (χ4n) is 2.70. The molecule has 2 N–H and O–H groups in total. The predicted octanol–water partition coefficient (Wildman–Crippen LogP) is 2.51. The molecule has 2 heterocycles. The van der Waals surface area contributed by atoms with Gasteiger partial charge in [0, 0.05) is 24.7 Å². The Labute approximate surface area is 119 Å². The van der Waals surface area contributed by atoms with Gasteiger partial charge >= 0.3 is 0 Å². The van der Waals surface area contributed by atoms with Crippen LogP contribution in [0.15, 0.2) is 40.9 Å². The summed E-state index contributed by atoms with van der Waals surface area (Å²) >= 11 is 0. The lowest BCUT2D eigenvalue weighted by Crippen LogP contribution is -2.45. The fraction of sp³-hybridized carbons (Fsp3) is 0.438. The molecule has 0 bridgehead atoms. The van der Waals surface area contributed by atoms with Crippen LogP contribution in [0.2, 0.25) is 0 Å². The van der Waals surface area contributed by atoms with Crippen molar-refractivity contribution < 1.29 is 4.42 Å². The van der Waals surface area contributed by atoms with E-state index in [0.29, 0.717) is 12.0 Å². The van der Waals surface area contributed by atoms with Crippen molar-refractivity contribution in [3.8, 4) is 11.3 Å². The number of likely N-dealkylation sites (tertiary alicyclic amines) is 1. The molecule has 0 saturated carbocycles. The van der Waals surface area contributed by atoms with Gasteiger partial charge in [0.2, 0.25) is 5.89 Å². The van der Waals surface area contributed by atoms with Crippen LogP contribution in [0.1, 0.15) is 19.2 Å². The smallest absolute Gasteiger partial charge is 0.209 e. The van der Waals surface area contributed by atoms with E-state index < -0.39 is 0 Å². The average molecular weight is 271 g/mol. The second-order valence-corrected chi connectivity index (χ2v) is 5.65. The van der Waals surface area contributed by atoms with Gasteiger partial charge in [0.25, 0.3) is 0 Å². The SMILES string of the molecule is CC1CN(Cc2ncc(-c3ccccc3)o2)CCC1N. The van der Waals surface area contributed by atoms with Crippen LogP contribution in [0, 0.1) is 5.92 Å². The van der Waals surface area contributed by atoms with Gasteiger partial charge in [-0.3, -0.25) is 4.90 Å². The minimum atomic E-state index is 0.329.